The molecule has 136 valence electrons. The van der Waals surface area contributed by atoms with Crippen molar-refractivity contribution in [2.45, 2.75) is 43.5 Å². The molecule has 5 nitrogen and oxygen atoms in total. The molecule has 2 heterocycles. The molecule has 1 saturated carbocycles. The fraction of sp³-hybridized carbons (Fsp3) is 0.650. The molecule has 0 spiro atoms. The molecule has 0 radical (unpaired) electrons. The van der Waals surface area contributed by atoms with Crippen LogP contribution in [0.5, 0.6) is 0 Å². The third-order valence-corrected chi connectivity index (χ3v) is 5.94. The Kier molecular flexibility index (Phi) is 4.56. The summed E-state index contributed by atoms with van der Waals surface area (Å²) in [6.45, 7) is 2.68. The minimum Gasteiger partial charge on any atom is -0.380 e. The van der Waals surface area contributed by atoms with Gasteiger partial charge in [-0.1, -0.05) is 30.3 Å². The first kappa shape index (κ1) is 17.0. The van der Waals surface area contributed by atoms with Crippen LogP contribution < -0.4 is 0 Å². The molecular weight excluding hydrogens is 316 g/mol. The lowest BCUT2D eigenvalue weighted by Crippen LogP contribution is -2.58. The zero-order chi connectivity index (χ0) is 17.4. The quantitative estimate of drug-likeness (QED) is 0.909. The second-order valence-electron chi connectivity index (χ2n) is 7.96. The zero-order valence-electron chi connectivity index (χ0n) is 14.9. The second-order valence-corrected chi connectivity index (χ2v) is 7.96. The highest BCUT2D eigenvalue weighted by atomic mass is 16.5. The summed E-state index contributed by atoms with van der Waals surface area (Å²) in [6, 6.07) is 10.1. The van der Waals surface area contributed by atoms with Gasteiger partial charge in [-0.2, -0.15) is 0 Å². The molecule has 0 bridgehead atoms. The number of amides is 1. The number of piperidine rings is 1. The maximum Gasteiger partial charge on any atom is 0.254 e. The third kappa shape index (κ3) is 3.59. The number of hydrogen-bond acceptors (Lipinski definition) is 4. The number of carbonyl (C=O) groups excluding carboxylic acids is 1. The average molecular weight is 344 g/mol. The van der Waals surface area contributed by atoms with Crippen molar-refractivity contribution in [1.29, 1.82) is 0 Å². The van der Waals surface area contributed by atoms with E-state index in [0.717, 1.165) is 18.7 Å². The molecule has 25 heavy (non-hydrogen) atoms. The lowest BCUT2D eigenvalue weighted by Gasteiger charge is -2.43. The normalized spacial score (nSPS) is 30.2. The summed E-state index contributed by atoms with van der Waals surface area (Å²) in [5.41, 5.74) is -0.0971. The van der Waals surface area contributed by atoms with Gasteiger partial charge in [0.05, 0.1) is 12.6 Å². The Morgan fingerprint density at radius 3 is 2.48 bits per heavy atom. The average Bonchev–Trinajstić information content (AvgIpc) is 3.49. The fourth-order valence-corrected chi connectivity index (χ4v) is 4.03. The lowest BCUT2D eigenvalue weighted by molar-refractivity contribution is -0.170. The van der Waals surface area contributed by atoms with E-state index in [-0.39, 0.29) is 18.1 Å². The van der Waals surface area contributed by atoms with E-state index in [9.17, 15) is 9.90 Å². The Labute approximate surface area is 149 Å². The molecule has 5 heteroatoms. The maximum atomic E-state index is 13.1. The van der Waals surface area contributed by atoms with Crippen LogP contribution >= 0.6 is 0 Å². The first-order chi connectivity index (χ1) is 12.0. The molecule has 3 aliphatic rings. The van der Waals surface area contributed by atoms with Crippen LogP contribution in [0.1, 0.15) is 37.4 Å². The summed E-state index contributed by atoms with van der Waals surface area (Å²) in [7, 11) is 2.04. The van der Waals surface area contributed by atoms with E-state index in [1.165, 1.54) is 12.8 Å². The van der Waals surface area contributed by atoms with Crippen LogP contribution in [0.25, 0.3) is 0 Å². The molecule has 4 rings (SSSR count). The van der Waals surface area contributed by atoms with Crippen molar-refractivity contribution in [3.05, 3.63) is 35.9 Å². The summed E-state index contributed by atoms with van der Waals surface area (Å²) in [5, 5.41) is 10.9. The molecule has 0 aromatic heterocycles. The standard InChI is InChI=1S/C20H28N2O3/c1-21-11-9-20(24,10-12-21)19(23)22-13-17(15-5-3-2-4-6-15)25-18(14-22)16-7-8-16/h2-6,16-18,24H,7-14H2,1H3/t17-,18+/m0/s1. The van der Waals surface area contributed by atoms with Gasteiger partial charge in [-0.15, -0.1) is 0 Å². The van der Waals surface area contributed by atoms with Gasteiger partial charge in [0, 0.05) is 19.6 Å². The van der Waals surface area contributed by atoms with Gasteiger partial charge in [-0.25, -0.2) is 0 Å². The molecule has 3 fully saturated rings. The van der Waals surface area contributed by atoms with Gasteiger partial charge in [0.2, 0.25) is 0 Å². The summed E-state index contributed by atoms with van der Waals surface area (Å²) in [4.78, 5) is 17.2. The Bertz CT molecular complexity index is 609. The van der Waals surface area contributed by atoms with Crippen LogP contribution in [0.2, 0.25) is 0 Å². The monoisotopic (exact) mass is 344 g/mol. The van der Waals surface area contributed by atoms with Crippen LogP contribution in [-0.2, 0) is 9.53 Å². The van der Waals surface area contributed by atoms with Gasteiger partial charge in [0.25, 0.3) is 5.91 Å². The van der Waals surface area contributed by atoms with E-state index in [4.69, 9.17) is 4.74 Å². The first-order valence-electron chi connectivity index (χ1n) is 9.46. The number of nitrogens with zero attached hydrogens (tertiary/aromatic N) is 2. The number of likely N-dealkylation sites (tertiary alicyclic amines) is 1. The number of morpholine rings is 1. The summed E-state index contributed by atoms with van der Waals surface area (Å²) >= 11 is 0. The Balaban J connectivity index is 1.52. The van der Waals surface area contributed by atoms with Gasteiger partial charge in [0.15, 0.2) is 0 Å². The van der Waals surface area contributed by atoms with Crippen molar-refractivity contribution >= 4 is 5.91 Å². The van der Waals surface area contributed by atoms with E-state index >= 15 is 0 Å². The van der Waals surface area contributed by atoms with Gasteiger partial charge in [-0.3, -0.25) is 4.79 Å². The minimum absolute atomic E-state index is 0.0952. The van der Waals surface area contributed by atoms with E-state index in [1.54, 1.807) is 0 Å². The van der Waals surface area contributed by atoms with Crippen molar-refractivity contribution in [2.75, 3.05) is 33.2 Å². The predicted molar refractivity (Wildman–Crippen MR) is 95.0 cm³/mol. The van der Waals surface area contributed by atoms with E-state index in [2.05, 4.69) is 17.0 Å². The minimum atomic E-state index is -1.21. The molecule has 1 aliphatic carbocycles. The smallest absolute Gasteiger partial charge is 0.254 e. The molecule has 2 saturated heterocycles. The van der Waals surface area contributed by atoms with E-state index in [1.807, 2.05) is 30.1 Å². The van der Waals surface area contributed by atoms with E-state index in [0.29, 0.717) is 31.8 Å². The predicted octanol–water partition coefficient (Wildman–Crippen LogP) is 1.82. The van der Waals surface area contributed by atoms with Crippen LogP contribution in [0.3, 0.4) is 0 Å². The fourth-order valence-electron chi connectivity index (χ4n) is 4.03. The molecule has 0 unspecified atom stereocenters. The Morgan fingerprint density at radius 2 is 1.84 bits per heavy atom. The highest BCUT2D eigenvalue weighted by molar-refractivity contribution is 5.85. The van der Waals surface area contributed by atoms with Crippen LogP contribution in [0, 0.1) is 5.92 Å². The summed E-state index contributed by atoms with van der Waals surface area (Å²) in [5.74, 6) is 0.462. The van der Waals surface area contributed by atoms with Gasteiger partial charge in [-0.05, 0) is 44.2 Å². The molecule has 1 aromatic rings. The number of benzene rings is 1. The van der Waals surface area contributed by atoms with Crippen molar-refractivity contribution < 1.29 is 14.6 Å². The maximum absolute atomic E-state index is 13.1. The number of hydrogen-bond donors (Lipinski definition) is 1. The number of aliphatic hydroxyl groups is 1. The zero-order valence-corrected chi connectivity index (χ0v) is 14.9. The molecular formula is C20H28N2O3. The van der Waals surface area contributed by atoms with Crippen molar-refractivity contribution in [3.63, 3.8) is 0 Å². The molecule has 1 amide bonds. The molecule has 1 aromatic carbocycles. The van der Waals surface area contributed by atoms with Gasteiger partial charge in [0.1, 0.15) is 11.7 Å². The number of carbonyl (C=O) groups is 1. The second kappa shape index (κ2) is 6.71. The van der Waals surface area contributed by atoms with E-state index < -0.39 is 5.60 Å². The lowest BCUT2D eigenvalue weighted by atomic mass is 9.89. The summed E-state index contributed by atoms with van der Waals surface area (Å²) < 4.78 is 6.33. The number of rotatable bonds is 3. The van der Waals surface area contributed by atoms with Crippen LogP contribution in [0.15, 0.2) is 30.3 Å². The van der Waals surface area contributed by atoms with Crippen LogP contribution in [0.4, 0.5) is 0 Å². The largest absolute Gasteiger partial charge is 0.380 e. The van der Waals surface area contributed by atoms with Crippen molar-refractivity contribution in [2.24, 2.45) is 5.92 Å². The number of ether oxygens (including phenoxy) is 1. The highest BCUT2D eigenvalue weighted by Gasteiger charge is 2.46. The Hall–Kier alpha value is -1.43. The third-order valence-electron chi connectivity index (χ3n) is 5.94. The van der Waals surface area contributed by atoms with Crippen molar-refractivity contribution in [3.8, 4) is 0 Å². The molecule has 2 atom stereocenters. The van der Waals surface area contributed by atoms with Crippen molar-refractivity contribution in [1.82, 2.24) is 9.80 Å². The highest BCUT2D eigenvalue weighted by Crippen LogP contribution is 2.40. The topological polar surface area (TPSA) is 53.0 Å². The molecule has 2 aliphatic heterocycles. The SMILES string of the molecule is CN1CCC(O)(C(=O)N2C[C@@H](c3ccccc3)O[C@@H](C3CC3)C2)CC1. The summed E-state index contributed by atoms with van der Waals surface area (Å²) in [6.07, 6.45) is 3.40. The molecule has 1 N–H and O–H groups in total. The van der Waals surface area contributed by atoms with Crippen LogP contribution in [-0.4, -0.2) is 65.7 Å². The first-order valence-corrected chi connectivity index (χ1v) is 9.46. The van der Waals surface area contributed by atoms with Gasteiger partial charge < -0.3 is 19.6 Å². The Morgan fingerprint density at radius 1 is 1.16 bits per heavy atom. The van der Waals surface area contributed by atoms with Gasteiger partial charge >= 0.3 is 0 Å².